The number of aryl methyl sites for hydroxylation is 1. The van der Waals surface area contributed by atoms with Crippen molar-refractivity contribution in [2.75, 3.05) is 12.4 Å². The highest BCUT2D eigenvalue weighted by Gasteiger charge is 2.18. The molecule has 0 radical (unpaired) electrons. The number of nitriles is 1. The number of rotatable bonds is 8. The van der Waals surface area contributed by atoms with Gasteiger partial charge in [0.05, 0.1) is 12.0 Å². The highest BCUT2D eigenvalue weighted by molar-refractivity contribution is 6.10. The fraction of sp³-hybridized carbons (Fsp3) is 0.120. The van der Waals surface area contributed by atoms with Crippen LogP contribution < -0.4 is 14.8 Å². The molecule has 0 atom stereocenters. The Labute approximate surface area is 190 Å². The third-order valence-corrected chi connectivity index (χ3v) is 4.70. The molecular formula is C25H21N3O5. The van der Waals surface area contributed by atoms with Gasteiger partial charge < -0.3 is 14.8 Å². The first-order valence-corrected chi connectivity index (χ1v) is 9.94. The van der Waals surface area contributed by atoms with Gasteiger partial charge in [-0.15, -0.1) is 0 Å². The zero-order valence-electron chi connectivity index (χ0n) is 18.1. The van der Waals surface area contributed by atoms with Crippen molar-refractivity contribution >= 4 is 23.4 Å². The van der Waals surface area contributed by atoms with Gasteiger partial charge in [-0.3, -0.25) is 14.9 Å². The predicted octanol–water partition coefficient (Wildman–Crippen LogP) is 5.04. The molecule has 0 spiro atoms. The summed E-state index contributed by atoms with van der Waals surface area (Å²) in [6.07, 6.45) is 1.37. The molecule has 0 aliphatic rings. The lowest BCUT2D eigenvalue weighted by Gasteiger charge is -2.11. The molecule has 1 N–H and O–H groups in total. The molecule has 3 rings (SSSR count). The van der Waals surface area contributed by atoms with Gasteiger partial charge in [-0.05, 0) is 47.9 Å². The van der Waals surface area contributed by atoms with Crippen molar-refractivity contribution in [2.24, 2.45) is 0 Å². The third kappa shape index (κ3) is 5.95. The Bertz CT molecular complexity index is 1250. The lowest BCUT2D eigenvalue weighted by molar-refractivity contribution is -0.384. The van der Waals surface area contributed by atoms with Crippen LogP contribution in [0, 0.1) is 28.4 Å². The minimum Gasteiger partial charge on any atom is -0.493 e. The van der Waals surface area contributed by atoms with E-state index in [1.165, 1.54) is 25.3 Å². The van der Waals surface area contributed by atoms with Crippen LogP contribution in [-0.2, 0) is 11.4 Å². The lowest BCUT2D eigenvalue weighted by Crippen LogP contribution is -2.14. The van der Waals surface area contributed by atoms with Crippen molar-refractivity contribution in [1.29, 1.82) is 5.26 Å². The summed E-state index contributed by atoms with van der Waals surface area (Å²) < 4.78 is 11.2. The van der Waals surface area contributed by atoms with E-state index in [0.717, 1.165) is 5.56 Å². The Morgan fingerprint density at radius 1 is 1.12 bits per heavy atom. The number of methoxy groups -OCH3 is 1. The number of carbonyl (C=O) groups is 1. The fourth-order valence-electron chi connectivity index (χ4n) is 3.03. The van der Waals surface area contributed by atoms with E-state index in [0.29, 0.717) is 29.2 Å². The molecule has 3 aromatic rings. The van der Waals surface area contributed by atoms with E-state index < -0.39 is 10.8 Å². The Hall–Kier alpha value is -4.64. The zero-order chi connectivity index (χ0) is 23.8. The Balaban J connectivity index is 1.80. The number of ether oxygens (including phenoxy) is 2. The van der Waals surface area contributed by atoms with Crippen molar-refractivity contribution in [3.8, 4) is 17.6 Å². The van der Waals surface area contributed by atoms with Gasteiger partial charge >= 0.3 is 0 Å². The summed E-state index contributed by atoms with van der Waals surface area (Å²) in [5.74, 6) is 0.191. The second-order valence-corrected chi connectivity index (χ2v) is 7.09. The number of nitrogens with zero attached hydrogens (tertiary/aromatic N) is 2. The monoisotopic (exact) mass is 443 g/mol. The first-order valence-electron chi connectivity index (χ1n) is 9.94. The second-order valence-electron chi connectivity index (χ2n) is 7.09. The molecule has 0 aromatic heterocycles. The summed E-state index contributed by atoms with van der Waals surface area (Å²) in [6, 6.07) is 20.9. The van der Waals surface area contributed by atoms with Crippen molar-refractivity contribution in [1.82, 2.24) is 0 Å². The van der Waals surface area contributed by atoms with Crippen molar-refractivity contribution < 1.29 is 19.2 Å². The van der Waals surface area contributed by atoms with Crippen LogP contribution in [0.3, 0.4) is 0 Å². The molecule has 33 heavy (non-hydrogen) atoms. The van der Waals surface area contributed by atoms with Gasteiger partial charge in [0, 0.05) is 6.07 Å². The molecule has 0 aliphatic heterocycles. The number of benzene rings is 3. The zero-order valence-corrected chi connectivity index (χ0v) is 18.1. The van der Waals surface area contributed by atoms with E-state index >= 15 is 0 Å². The number of hydrogen-bond acceptors (Lipinski definition) is 6. The molecule has 0 fully saturated rings. The van der Waals surface area contributed by atoms with Crippen molar-refractivity contribution in [2.45, 2.75) is 13.5 Å². The summed E-state index contributed by atoms with van der Waals surface area (Å²) in [4.78, 5) is 23.3. The number of hydrogen-bond donors (Lipinski definition) is 1. The van der Waals surface area contributed by atoms with Crippen molar-refractivity contribution in [3.63, 3.8) is 0 Å². The molecule has 0 bridgehead atoms. The summed E-state index contributed by atoms with van der Waals surface area (Å²) in [7, 11) is 1.49. The van der Waals surface area contributed by atoms with Gasteiger partial charge in [-0.2, -0.15) is 5.26 Å². The fourth-order valence-corrected chi connectivity index (χ4v) is 3.03. The van der Waals surface area contributed by atoms with Crippen LogP contribution in [0.15, 0.2) is 72.3 Å². The average Bonchev–Trinajstić information content (AvgIpc) is 2.83. The summed E-state index contributed by atoms with van der Waals surface area (Å²) >= 11 is 0. The maximum absolute atomic E-state index is 12.6. The standard InChI is InChI=1S/C25H21N3O5/c1-17-8-10-21(22(12-17)28(30)31)27-25(29)20(15-26)13-19-9-11-23(24(14-19)32-2)33-16-18-6-4-3-5-7-18/h3-14H,16H2,1-2H3,(H,27,29)/b20-13+. The Kier molecular flexibility index (Phi) is 7.39. The van der Waals surface area contributed by atoms with E-state index in [-0.39, 0.29) is 16.9 Å². The Morgan fingerprint density at radius 3 is 2.55 bits per heavy atom. The van der Waals surface area contributed by atoms with Crippen LogP contribution in [0.2, 0.25) is 0 Å². The third-order valence-electron chi connectivity index (χ3n) is 4.70. The molecule has 3 aromatic carbocycles. The van der Waals surface area contributed by atoms with Crippen LogP contribution in [0.5, 0.6) is 11.5 Å². The van der Waals surface area contributed by atoms with Crippen molar-refractivity contribution in [3.05, 3.63) is 99.1 Å². The van der Waals surface area contributed by atoms with Crippen LogP contribution in [0.25, 0.3) is 6.08 Å². The number of nitro benzene ring substituents is 1. The molecule has 0 saturated carbocycles. The number of anilines is 1. The van der Waals surface area contributed by atoms with Gasteiger partial charge in [0.1, 0.15) is 23.9 Å². The highest BCUT2D eigenvalue weighted by atomic mass is 16.6. The SMILES string of the molecule is COc1cc(/C=C(\C#N)C(=O)Nc2ccc(C)cc2[N+](=O)[O-])ccc1OCc1ccccc1. The molecule has 0 saturated heterocycles. The highest BCUT2D eigenvalue weighted by Crippen LogP contribution is 2.30. The molecule has 8 nitrogen and oxygen atoms in total. The van der Waals surface area contributed by atoms with Gasteiger partial charge in [-0.1, -0.05) is 42.5 Å². The first-order chi connectivity index (χ1) is 15.9. The molecule has 0 unspecified atom stereocenters. The van der Waals surface area contributed by atoms with Gasteiger partial charge in [0.25, 0.3) is 11.6 Å². The number of nitrogens with one attached hydrogen (secondary N) is 1. The molecule has 166 valence electrons. The minimum atomic E-state index is -0.757. The molecular weight excluding hydrogens is 422 g/mol. The largest absolute Gasteiger partial charge is 0.493 e. The normalized spacial score (nSPS) is 10.8. The van der Waals surface area contributed by atoms with Gasteiger partial charge in [-0.25, -0.2) is 0 Å². The topological polar surface area (TPSA) is 114 Å². The van der Waals surface area contributed by atoms with Gasteiger partial charge in [0.15, 0.2) is 11.5 Å². The Morgan fingerprint density at radius 2 is 1.88 bits per heavy atom. The molecule has 1 amide bonds. The molecule has 8 heteroatoms. The van der Waals surface area contributed by atoms with E-state index in [4.69, 9.17) is 9.47 Å². The molecule has 0 heterocycles. The van der Waals surface area contributed by atoms with E-state index in [2.05, 4.69) is 5.32 Å². The lowest BCUT2D eigenvalue weighted by atomic mass is 10.1. The summed E-state index contributed by atoms with van der Waals surface area (Å²) in [5.41, 5.74) is 1.75. The van der Waals surface area contributed by atoms with E-state index in [1.807, 2.05) is 36.4 Å². The van der Waals surface area contributed by atoms with Crippen LogP contribution in [0.1, 0.15) is 16.7 Å². The smallest absolute Gasteiger partial charge is 0.293 e. The predicted molar refractivity (Wildman–Crippen MR) is 124 cm³/mol. The number of nitro groups is 1. The number of amides is 1. The van der Waals surface area contributed by atoms with E-state index in [9.17, 15) is 20.2 Å². The van der Waals surface area contributed by atoms with Gasteiger partial charge in [0.2, 0.25) is 0 Å². The minimum absolute atomic E-state index is 0.0130. The van der Waals surface area contributed by atoms with Crippen LogP contribution in [0.4, 0.5) is 11.4 Å². The van der Waals surface area contributed by atoms with Crippen LogP contribution >= 0.6 is 0 Å². The summed E-state index contributed by atoms with van der Waals surface area (Å²) in [5, 5.41) is 23.2. The number of carbonyl (C=O) groups excluding carboxylic acids is 1. The molecule has 0 aliphatic carbocycles. The van der Waals surface area contributed by atoms with Crippen LogP contribution in [-0.4, -0.2) is 17.9 Å². The average molecular weight is 443 g/mol. The first kappa shape index (κ1) is 23.0. The second kappa shape index (κ2) is 10.6. The van der Waals surface area contributed by atoms with E-state index in [1.54, 1.807) is 31.2 Å². The maximum atomic E-state index is 12.6. The quantitative estimate of drug-likeness (QED) is 0.226. The summed E-state index contributed by atoms with van der Waals surface area (Å²) in [6.45, 7) is 2.06. The maximum Gasteiger partial charge on any atom is 0.293 e.